The number of hydrogen-bond donors (Lipinski definition) is 2. The molecule has 0 bridgehead atoms. The van der Waals surface area contributed by atoms with Crippen molar-refractivity contribution in [2.45, 2.75) is 31.9 Å². The van der Waals surface area contributed by atoms with E-state index in [0.29, 0.717) is 57.9 Å². The third-order valence-electron chi connectivity index (χ3n) is 6.68. The Bertz CT molecular complexity index is 1530. The number of aryl methyl sites for hydroxylation is 1. The highest BCUT2D eigenvalue weighted by molar-refractivity contribution is 8.18. The normalized spacial score (nSPS) is 19.6. The fourth-order valence-electron chi connectivity index (χ4n) is 4.69. The van der Waals surface area contributed by atoms with Gasteiger partial charge in [-0.25, -0.2) is 0 Å². The summed E-state index contributed by atoms with van der Waals surface area (Å²) < 4.78 is 81.4. The van der Waals surface area contributed by atoms with Crippen molar-refractivity contribution in [3.05, 3.63) is 69.3 Å². The van der Waals surface area contributed by atoms with Crippen LogP contribution in [0, 0.1) is 6.92 Å². The molecule has 0 aliphatic carbocycles. The number of piperazine rings is 1. The first-order chi connectivity index (χ1) is 18.8. The van der Waals surface area contributed by atoms with Crippen LogP contribution in [0.15, 0.2) is 46.3 Å². The van der Waals surface area contributed by atoms with Crippen LogP contribution < -0.4 is 5.32 Å². The lowest BCUT2D eigenvalue weighted by Crippen LogP contribution is -2.53. The number of hydrogen-bond acceptors (Lipinski definition) is 6. The van der Waals surface area contributed by atoms with E-state index < -0.39 is 29.4 Å². The summed E-state index contributed by atoms with van der Waals surface area (Å²) in [5.41, 5.74) is -1.43. The van der Waals surface area contributed by atoms with Gasteiger partial charge >= 0.3 is 12.4 Å². The fourth-order valence-corrected chi connectivity index (χ4v) is 5.64. The zero-order valence-corrected chi connectivity index (χ0v) is 21.8. The van der Waals surface area contributed by atoms with Gasteiger partial charge in [-0.2, -0.15) is 36.4 Å². The number of aliphatic imine (C=N–C) groups is 1. The number of amides is 1. The topological polar surface area (TPSA) is 82.8 Å². The highest BCUT2D eigenvalue weighted by Gasteiger charge is 2.38. The summed E-state index contributed by atoms with van der Waals surface area (Å²) >= 11 is 1.23. The molecule has 1 aromatic heterocycles. The quantitative estimate of drug-likeness (QED) is 0.344. The average Bonchev–Trinajstić information content (AvgIpc) is 3.41. The Morgan fingerprint density at radius 2 is 1.90 bits per heavy atom. The van der Waals surface area contributed by atoms with Gasteiger partial charge in [0.05, 0.1) is 40.4 Å². The molecule has 2 aliphatic heterocycles. The van der Waals surface area contributed by atoms with E-state index in [-0.39, 0.29) is 30.8 Å². The molecule has 1 unspecified atom stereocenters. The van der Waals surface area contributed by atoms with Crippen molar-refractivity contribution in [3.8, 4) is 0 Å². The van der Waals surface area contributed by atoms with Crippen molar-refractivity contribution >= 4 is 39.8 Å². The number of alkyl halides is 6. The molecular weight excluding hydrogens is 560 g/mol. The third kappa shape index (κ3) is 5.74. The molecule has 2 N–H and O–H groups in total. The summed E-state index contributed by atoms with van der Waals surface area (Å²) in [7, 11) is 0. The molecule has 7 nitrogen and oxygen atoms in total. The maximum atomic E-state index is 13.6. The van der Waals surface area contributed by atoms with E-state index in [1.165, 1.54) is 16.4 Å². The lowest BCUT2D eigenvalue weighted by atomic mass is 10.0. The third-order valence-corrected chi connectivity index (χ3v) is 7.72. The molecule has 0 saturated carbocycles. The number of thioether (sulfide) groups is 1. The first-order valence-corrected chi connectivity index (χ1v) is 13.0. The minimum atomic E-state index is -4.98. The molecule has 14 heteroatoms. The van der Waals surface area contributed by atoms with E-state index in [2.05, 4.69) is 15.4 Å². The van der Waals surface area contributed by atoms with E-state index in [1.807, 2.05) is 4.90 Å². The van der Waals surface area contributed by atoms with Gasteiger partial charge in [-0.15, -0.1) is 0 Å². The summed E-state index contributed by atoms with van der Waals surface area (Å²) in [4.78, 5) is 19.1. The van der Waals surface area contributed by atoms with Gasteiger partial charge in [-0.1, -0.05) is 12.1 Å². The minimum absolute atomic E-state index is 0.0332. The molecule has 0 spiro atoms. The van der Waals surface area contributed by atoms with Crippen LogP contribution in [0.4, 0.5) is 26.3 Å². The molecule has 3 aromatic rings. The number of halogens is 6. The predicted molar refractivity (Wildman–Crippen MR) is 138 cm³/mol. The lowest BCUT2D eigenvalue weighted by Gasteiger charge is -2.33. The maximum Gasteiger partial charge on any atom is 0.416 e. The smallest absolute Gasteiger partial charge is 0.395 e. The first-order valence-electron chi connectivity index (χ1n) is 12.2. The number of fused-ring (bicyclic) bond motifs is 1. The van der Waals surface area contributed by atoms with Crippen LogP contribution in [0.2, 0.25) is 0 Å². The molecule has 0 radical (unpaired) electrons. The minimum Gasteiger partial charge on any atom is -0.395 e. The molecular formula is C26H23F6N5O2S. The van der Waals surface area contributed by atoms with Crippen LogP contribution >= 0.6 is 11.8 Å². The molecule has 1 atom stereocenters. The molecule has 1 saturated heterocycles. The highest BCUT2D eigenvalue weighted by Crippen LogP contribution is 2.38. The number of aliphatic hydroxyl groups excluding tert-OH is 1. The van der Waals surface area contributed by atoms with Crippen molar-refractivity contribution < 1.29 is 36.2 Å². The van der Waals surface area contributed by atoms with Gasteiger partial charge < -0.3 is 15.3 Å². The number of carbonyl (C=O) groups excluding carboxylic acids is 1. The lowest BCUT2D eigenvalue weighted by molar-refractivity contribution is -0.143. The summed E-state index contributed by atoms with van der Waals surface area (Å²) in [6, 6.07) is 6.54. The van der Waals surface area contributed by atoms with Crippen LogP contribution in [0.25, 0.3) is 17.0 Å². The number of aliphatic hydroxyl groups is 1. The van der Waals surface area contributed by atoms with Crippen molar-refractivity contribution in [3.63, 3.8) is 0 Å². The molecule has 1 amide bonds. The number of carbonyl (C=O) groups is 1. The molecule has 212 valence electrons. The number of nitrogens with zero attached hydrogens (tertiary/aromatic N) is 4. The summed E-state index contributed by atoms with van der Waals surface area (Å²) in [5, 5.41) is 18.1. The molecule has 2 aliphatic rings. The zero-order valence-electron chi connectivity index (χ0n) is 21.0. The Kier molecular flexibility index (Phi) is 7.44. The standard InChI is InChI=1S/C26H23F6N5O2S/c1-14-19-8-15(9-22-23(39)34-24(40-22)36-7-6-33-18(12-36)13-38)2-5-21(19)37(35-14)11-16-3-4-17(25(27,28)29)10-20(16)26(30,31)32/h2-5,8-10,18,33,38H,6-7,11-13H2,1H3. The number of aromatic nitrogens is 2. The number of rotatable bonds is 4. The average molecular weight is 584 g/mol. The van der Waals surface area contributed by atoms with E-state index in [9.17, 15) is 36.2 Å². The second kappa shape index (κ2) is 10.6. The van der Waals surface area contributed by atoms with Gasteiger partial charge in [0.1, 0.15) is 0 Å². The number of benzene rings is 2. The monoisotopic (exact) mass is 583 g/mol. The van der Waals surface area contributed by atoms with Gasteiger partial charge in [0.25, 0.3) is 5.91 Å². The Hall–Kier alpha value is -3.36. The van der Waals surface area contributed by atoms with Crippen molar-refractivity contribution in [2.24, 2.45) is 4.99 Å². The van der Waals surface area contributed by atoms with Crippen LogP contribution in [0.1, 0.15) is 27.9 Å². The van der Waals surface area contributed by atoms with Gasteiger partial charge in [0.2, 0.25) is 0 Å². The summed E-state index contributed by atoms with van der Waals surface area (Å²) in [6.45, 7) is 3.06. The predicted octanol–water partition coefficient (Wildman–Crippen LogP) is 4.67. The van der Waals surface area contributed by atoms with Crippen molar-refractivity contribution in [1.82, 2.24) is 20.0 Å². The number of nitrogens with one attached hydrogen (secondary N) is 1. The van der Waals surface area contributed by atoms with Crippen LogP contribution in [-0.4, -0.2) is 63.1 Å². The van der Waals surface area contributed by atoms with E-state index in [4.69, 9.17) is 0 Å². The second-order valence-corrected chi connectivity index (χ2v) is 10.5. The fraction of sp³-hybridized carbons (Fsp3) is 0.346. The maximum absolute atomic E-state index is 13.6. The molecule has 3 heterocycles. The summed E-state index contributed by atoms with van der Waals surface area (Å²) in [6.07, 6.45) is -8.22. The van der Waals surface area contributed by atoms with E-state index >= 15 is 0 Å². The zero-order chi connectivity index (χ0) is 28.8. The first kappa shape index (κ1) is 28.2. The Morgan fingerprint density at radius 1 is 1.12 bits per heavy atom. The Labute approximate surface area is 228 Å². The SMILES string of the molecule is Cc1nn(Cc2ccc(C(F)(F)F)cc2C(F)(F)F)c2ccc(C=C3SC(N4CCNC(CO)C4)=NC3=O)cc12. The molecule has 5 rings (SSSR count). The van der Waals surface area contributed by atoms with Crippen LogP contribution in [0.3, 0.4) is 0 Å². The molecule has 2 aromatic carbocycles. The van der Waals surface area contributed by atoms with E-state index in [0.717, 1.165) is 6.07 Å². The van der Waals surface area contributed by atoms with Gasteiger partial charge in [0.15, 0.2) is 5.17 Å². The molecule has 1 fully saturated rings. The van der Waals surface area contributed by atoms with Crippen LogP contribution in [-0.2, 0) is 23.7 Å². The largest absolute Gasteiger partial charge is 0.416 e. The van der Waals surface area contributed by atoms with Gasteiger partial charge in [-0.05, 0) is 60.2 Å². The van der Waals surface area contributed by atoms with Gasteiger partial charge in [-0.3, -0.25) is 9.48 Å². The van der Waals surface area contributed by atoms with Gasteiger partial charge in [0, 0.05) is 31.1 Å². The van der Waals surface area contributed by atoms with E-state index in [1.54, 1.807) is 31.2 Å². The Morgan fingerprint density at radius 3 is 2.60 bits per heavy atom. The second-order valence-electron chi connectivity index (χ2n) is 9.48. The highest BCUT2D eigenvalue weighted by atomic mass is 32.2. The molecule has 40 heavy (non-hydrogen) atoms. The van der Waals surface area contributed by atoms with Crippen molar-refractivity contribution in [1.29, 1.82) is 0 Å². The van der Waals surface area contributed by atoms with Crippen molar-refractivity contribution in [2.75, 3.05) is 26.2 Å². The summed E-state index contributed by atoms with van der Waals surface area (Å²) in [5.74, 6) is -0.395. The van der Waals surface area contributed by atoms with Crippen LogP contribution in [0.5, 0.6) is 0 Å². The number of amidine groups is 1. The Balaban J connectivity index is 1.40.